The van der Waals surface area contributed by atoms with E-state index in [1.54, 1.807) is 18.2 Å². The van der Waals surface area contributed by atoms with Gasteiger partial charge in [0.2, 0.25) is 11.8 Å². The molecule has 13 heteroatoms. The number of hydrogen-bond acceptors (Lipinski definition) is 3. The van der Waals surface area contributed by atoms with Gasteiger partial charge < -0.3 is 4.90 Å². The van der Waals surface area contributed by atoms with Crippen molar-refractivity contribution in [3.8, 4) is 0 Å². The molecule has 0 aliphatic carbocycles. The Labute approximate surface area is 235 Å². The third kappa shape index (κ3) is 6.20. The highest BCUT2D eigenvalue weighted by molar-refractivity contribution is 6.42. The smallest absolute Gasteiger partial charge is 0.336 e. The SMILES string of the molecule is C[C@]1(Cc2ccc(Cl)c(Cl)c2)C(=O)N(Cc2cc(C(F)(F)F)cc(C(F)(F)F)c2)CCC(=O)N1c1ccccn1. The lowest BCUT2D eigenvalue weighted by molar-refractivity contribution is -0.143. The molecule has 1 atom stereocenters. The molecule has 1 fully saturated rings. The summed E-state index contributed by atoms with van der Waals surface area (Å²) in [5.74, 6) is -1.04. The maximum Gasteiger partial charge on any atom is 0.416 e. The van der Waals surface area contributed by atoms with Crippen LogP contribution in [0.1, 0.15) is 35.6 Å². The van der Waals surface area contributed by atoms with Crippen molar-refractivity contribution in [3.05, 3.63) is 93.1 Å². The molecular weight excluding hydrogens is 583 g/mol. The van der Waals surface area contributed by atoms with Gasteiger partial charge in [0, 0.05) is 32.1 Å². The summed E-state index contributed by atoms with van der Waals surface area (Å²) in [5.41, 5.74) is -4.53. The Morgan fingerprint density at radius 3 is 2.08 bits per heavy atom. The van der Waals surface area contributed by atoms with Gasteiger partial charge in [-0.2, -0.15) is 26.3 Å². The summed E-state index contributed by atoms with van der Waals surface area (Å²) in [5, 5.41) is 0.451. The molecule has 2 heterocycles. The van der Waals surface area contributed by atoms with Crippen molar-refractivity contribution in [3.63, 3.8) is 0 Å². The quantitative estimate of drug-likeness (QED) is 0.290. The van der Waals surface area contributed by atoms with Gasteiger partial charge in [0.05, 0.1) is 21.2 Å². The minimum atomic E-state index is -5.05. The minimum Gasteiger partial charge on any atom is -0.336 e. The lowest BCUT2D eigenvalue weighted by Crippen LogP contribution is -2.59. The summed E-state index contributed by atoms with van der Waals surface area (Å²) in [6.45, 7) is 0.637. The van der Waals surface area contributed by atoms with Crippen molar-refractivity contribution in [2.75, 3.05) is 11.4 Å². The molecule has 40 heavy (non-hydrogen) atoms. The third-order valence-electron chi connectivity index (χ3n) is 6.52. The molecular formula is C27H21Cl2F6N3O2. The first-order valence-electron chi connectivity index (χ1n) is 11.9. The number of amides is 2. The van der Waals surface area contributed by atoms with Crippen LogP contribution in [0.15, 0.2) is 60.8 Å². The van der Waals surface area contributed by atoms with E-state index in [1.165, 1.54) is 36.2 Å². The second kappa shape index (κ2) is 10.9. The Balaban J connectivity index is 1.80. The van der Waals surface area contributed by atoms with E-state index in [0.29, 0.717) is 17.7 Å². The molecule has 1 aliphatic heterocycles. The highest BCUT2D eigenvalue weighted by atomic mass is 35.5. The highest BCUT2D eigenvalue weighted by Gasteiger charge is 2.48. The number of carbonyl (C=O) groups is 2. The Kier molecular flexibility index (Phi) is 8.11. The number of rotatable bonds is 5. The molecule has 2 amide bonds. The molecule has 2 aromatic carbocycles. The van der Waals surface area contributed by atoms with Crippen LogP contribution in [-0.4, -0.2) is 33.8 Å². The van der Waals surface area contributed by atoms with Crippen LogP contribution in [0.25, 0.3) is 0 Å². The predicted octanol–water partition coefficient (Wildman–Crippen LogP) is 7.19. The van der Waals surface area contributed by atoms with Gasteiger partial charge in [0.1, 0.15) is 11.4 Å². The minimum absolute atomic E-state index is 0.0223. The topological polar surface area (TPSA) is 53.5 Å². The van der Waals surface area contributed by atoms with Gasteiger partial charge >= 0.3 is 12.4 Å². The van der Waals surface area contributed by atoms with Gasteiger partial charge in [-0.15, -0.1) is 0 Å². The van der Waals surface area contributed by atoms with E-state index in [4.69, 9.17) is 23.2 Å². The second-order valence-electron chi connectivity index (χ2n) is 9.51. The second-order valence-corrected chi connectivity index (χ2v) is 10.3. The molecule has 0 unspecified atom stereocenters. The van der Waals surface area contributed by atoms with E-state index >= 15 is 0 Å². The average molecular weight is 604 g/mol. The molecule has 4 rings (SSSR count). The molecule has 0 N–H and O–H groups in total. The zero-order valence-corrected chi connectivity index (χ0v) is 22.3. The summed E-state index contributed by atoms with van der Waals surface area (Å²) >= 11 is 12.2. The first kappa shape index (κ1) is 29.7. The number of alkyl halides is 6. The van der Waals surface area contributed by atoms with Crippen LogP contribution in [0, 0.1) is 0 Å². The molecule has 212 valence electrons. The predicted molar refractivity (Wildman–Crippen MR) is 137 cm³/mol. The molecule has 0 spiro atoms. The number of hydrogen-bond donors (Lipinski definition) is 0. The molecule has 1 aliphatic rings. The van der Waals surface area contributed by atoms with Gasteiger partial charge in [-0.25, -0.2) is 4.98 Å². The number of halogens is 8. The molecule has 1 aromatic heterocycles. The van der Waals surface area contributed by atoms with Gasteiger partial charge in [-0.1, -0.05) is 35.3 Å². The molecule has 0 bridgehead atoms. The Bertz CT molecular complexity index is 1400. The zero-order valence-electron chi connectivity index (χ0n) is 20.8. The number of pyridine rings is 1. The largest absolute Gasteiger partial charge is 0.416 e. The zero-order chi connectivity index (χ0) is 29.5. The van der Waals surface area contributed by atoms with Crippen molar-refractivity contribution < 1.29 is 35.9 Å². The standard InChI is InChI=1S/C27H21Cl2F6N3O2/c1-25(14-16-5-6-20(28)21(29)12-16)24(40)37(9-7-23(39)38(25)22-4-2-3-8-36-22)15-17-10-18(26(30,31)32)13-19(11-17)27(33,34)35/h2-6,8,10-13H,7,9,14-15H2,1H3/t25-/m0/s1. The number of benzene rings is 2. The van der Waals surface area contributed by atoms with Crippen molar-refractivity contribution in [1.82, 2.24) is 9.88 Å². The van der Waals surface area contributed by atoms with E-state index in [-0.39, 0.29) is 46.9 Å². The fourth-order valence-electron chi connectivity index (χ4n) is 4.71. The Morgan fingerprint density at radius 1 is 0.875 bits per heavy atom. The summed E-state index contributed by atoms with van der Waals surface area (Å²) in [6.07, 6.45) is -9.02. The maximum atomic E-state index is 14.1. The van der Waals surface area contributed by atoms with E-state index in [1.807, 2.05) is 0 Å². The summed E-state index contributed by atoms with van der Waals surface area (Å²) < 4.78 is 80.7. The molecule has 1 saturated heterocycles. The van der Waals surface area contributed by atoms with E-state index < -0.39 is 47.4 Å². The first-order chi connectivity index (χ1) is 18.6. The fraction of sp³-hybridized carbons (Fsp3) is 0.296. The summed E-state index contributed by atoms with van der Waals surface area (Å²) in [7, 11) is 0. The van der Waals surface area contributed by atoms with Gasteiger partial charge in [-0.3, -0.25) is 14.5 Å². The number of anilines is 1. The number of nitrogens with zero attached hydrogens (tertiary/aromatic N) is 3. The summed E-state index contributed by atoms with van der Waals surface area (Å²) in [4.78, 5) is 34.1. The van der Waals surface area contributed by atoms with Crippen LogP contribution in [0.3, 0.4) is 0 Å². The Hall–Kier alpha value is -3.31. The van der Waals surface area contributed by atoms with Crippen LogP contribution in [0.2, 0.25) is 10.0 Å². The fourth-order valence-corrected chi connectivity index (χ4v) is 5.03. The normalized spacial score (nSPS) is 18.7. The third-order valence-corrected chi connectivity index (χ3v) is 7.26. The van der Waals surface area contributed by atoms with Crippen LogP contribution >= 0.6 is 23.2 Å². The number of aromatic nitrogens is 1. The van der Waals surface area contributed by atoms with Crippen molar-refractivity contribution in [2.45, 2.75) is 44.2 Å². The van der Waals surface area contributed by atoms with Crippen molar-refractivity contribution in [1.29, 1.82) is 0 Å². The summed E-state index contributed by atoms with van der Waals surface area (Å²) in [6, 6.07) is 10.5. The average Bonchev–Trinajstić information content (AvgIpc) is 2.95. The van der Waals surface area contributed by atoms with E-state index in [9.17, 15) is 35.9 Å². The lowest BCUT2D eigenvalue weighted by Gasteiger charge is -2.39. The van der Waals surface area contributed by atoms with Gasteiger partial charge in [-0.05, 0) is 60.5 Å². The van der Waals surface area contributed by atoms with Crippen LogP contribution in [0.4, 0.5) is 32.2 Å². The van der Waals surface area contributed by atoms with Crippen LogP contribution in [-0.2, 0) is 34.9 Å². The highest BCUT2D eigenvalue weighted by Crippen LogP contribution is 2.38. The van der Waals surface area contributed by atoms with E-state index in [0.717, 1.165) is 4.90 Å². The Morgan fingerprint density at radius 2 is 1.52 bits per heavy atom. The first-order valence-corrected chi connectivity index (χ1v) is 12.6. The molecule has 0 saturated carbocycles. The van der Waals surface area contributed by atoms with Crippen LogP contribution in [0.5, 0.6) is 0 Å². The molecule has 0 radical (unpaired) electrons. The maximum absolute atomic E-state index is 14.1. The lowest BCUT2D eigenvalue weighted by atomic mass is 9.89. The monoisotopic (exact) mass is 603 g/mol. The van der Waals surface area contributed by atoms with Crippen LogP contribution < -0.4 is 4.90 Å². The van der Waals surface area contributed by atoms with E-state index in [2.05, 4.69) is 4.98 Å². The number of carbonyl (C=O) groups excluding carboxylic acids is 2. The van der Waals surface area contributed by atoms with Crippen molar-refractivity contribution >= 4 is 40.8 Å². The molecule has 3 aromatic rings. The molecule has 5 nitrogen and oxygen atoms in total. The van der Waals surface area contributed by atoms with Crippen molar-refractivity contribution in [2.24, 2.45) is 0 Å². The van der Waals surface area contributed by atoms with Gasteiger partial charge in [0.25, 0.3) is 0 Å². The van der Waals surface area contributed by atoms with Gasteiger partial charge in [0.15, 0.2) is 0 Å².